The molecule has 0 N–H and O–H groups in total. The van der Waals surface area contributed by atoms with Gasteiger partial charge in [-0.05, 0) is 85.8 Å². The Balaban J connectivity index is 1.35. The molecule has 3 aromatic rings. The van der Waals surface area contributed by atoms with Crippen LogP contribution >= 0.6 is 11.6 Å². The van der Waals surface area contributed by atoms with Crippen molar-refractivity contribution in [3.8, 4) is 5.75 Å². The number of hydrogen-bond acceptors (Lipinski definition) is 8. The van der Waals surface area contributed by atoms with Gasteiger partial charge in [-0.25, -0.2) is 9.80 Å². The average Bonchev–Trinajstić information content (AvgIpc) is 3.24. The molecule has 1 aliphatic carbocycles. The molecule has 1 aliphatic heterocycles. The second kappa shape index (κ2) is 12.1. The molecule has 0 aromatic heterocycles. The summed E-state index contributed by atoms with van der Waals surface area (Å²) in [4.78, 5) is 76.6. The first kappa shape index (κ1) is 29.6. The van der Waals surface area contributed by atoms with Gasteiger partial charge in [-0.3, -0.25) is 29.3 Å². The molecule has 1 saturated carbocycles. The molecule has 0 radical (unpaired) electrons. The number of non-ortho nitro benzene ring substituents is 1. The number of hydrazine groups is 1. The highest BCUT2D eigenvalue weighted by atomic mass is 35.5. The molecule has 3 aromatic carbocycles. The van der Waals surface area contributed by atoms with Crippen LogP contribution in [0.4, 0.5) is 5.69 Å². The van der Waals surface area contributed by atoms with Gasteiger partial charge in [0.15, 0.2) is 5.78 Å². The molecule has 3 atom stereocenters. The summed E-state index contributed by atoms with van der Waals surface area (Å²) in [6, 6.07) is 16.3. The van der Waals surface area contributed by atoms with Crippen LogP contribution in [-0.4, -0.2) is 51.0 Å². The lowest BCUT2D eigenvalue weighted by Crippen LogP contribution is -2.52. The van der Waals surface area contributed by atoms with E-state index in [1.165, 1.54) is 72.8 Å². The summed E-state index contributed by atoms with van der Waals surface area (Å²) in [5.74, 6) is -3.72. The number of halogens is 1. The van der Waals surface area contributed by atoms with Crippen molar-refractivity contribution in [2.75, 3.05) is 6.54 Å². The molecule has 0 unspecified atom stereocenters. The van der Waals surface area contributed by atoms with Crippen LogP contribution in [0, 0.1) is 27.9 Å². The fraction of sp³-hybridized carbons (Fsp3) is 0.258. The summed E-state index contributed by atoms with van der Waals surface area (Å²) in [7, 11) is 0. The molecular weight excluding hydrogens is 578 g/mol. The molecule has 220 valence electrons. The van der Waals surface area contributed by atoms with E-state index in [4.69, 9.17) is 16.3 Å². The second-order valence-corrected chi connectivity index (χ2v) is 11.1. The number of carbonyl (C=O) groups is 5. The number of nitrogens with zero attached hydrogens (tertiary/aromatic N) is 3. The number of rotatable bonds is 8. The third-order valence-corrected chi connectivity index (χ3v) is 7.98. The Bertz CT molecular complexity index is 1610. The highest BCUT2D eigenvalue weighted by Gasteiger charge is 2.52. The van der Waals surface area contributed by atoms with E-state index < -0.39 is 52.8 Å². The Morgan fingerprint density at radius 1 is 0.884 bits per heavy atom. The van der Waals surface area contributed by atoms with Crippen molar-refractivity contribution in [1.29, 1.82) is 0 Å². The van der Waals surface area contributed by atoms with Gasteiger partial charge < -0.3 is 4.74 Å². The SMILES string of the molecule is C[C@@H]1CC[C@H]2C(=O)N(N(CC(=O)c3ccc(OC(=O)c4ccc([N+](=O)[O-])cc4)cc3)C(=O)c3ccc(Cl)cc3)C(=O)[C@@H]2C1. The van der Waals surface area contributed by atoms with E-state index in [-0.39, 0.29) is 34.0 Å². The van der Waals surface area contributed by atoms with Crippen LogP contribution in [-0.2, 0) is 9.59 Å². The largest absolute Gasteiger partial charge is 0.423 e. The van der Waals surface area contributed by atoms with E-state index in [1.807, 2.05) is 6.92 Å². The molecule has 2 aliphatic rings. The van der Waals surface area contributed by atoms with Gasteiger partial charge in [-0.1, -0.05) is 18.5 Å². The molecule has 0 spiro atoms. The van der Waals surface area contributed by atoms with E-state index in [0.717, 1.165) is 16.4 Å². The number of imide groups is 1. The molecule has 43 heavy (non-hydrogen) atoms. The number of nitro benzene ring substituents is 1. The Kier molecular flexibility index (Phi) is 8.36. The van der Waals surface area contributed by atoms with Crippen LogP contribution < -0.4 is 4.74 Å². The van der Waals surface area contributed by atoms with Gasteiger partial charge in [-0.15, -0.1) is 0 Å². The molecule has 12 heteroatoms. The Morgan fingerprint density at radius 3 is 2.09 bits per heavy atom. The Labute approximate surface area is 251 Å². The van der Waals surface area contributed by atoms with Gasteiger partial charge in [-0.2, -0.15) is 5.01 Å². The summed E-state index contributed by atoms with van der Waals surface area (Å²) < 4.78 is 5.30. The number of ketones is 1. The fourth-order valence-electron chi connectivity index (χ4n) is 5.41. The molecule has 2 fully saturated rings. The van der Waals surface area contributed by atoms with Crippen molar-refractivity contribution in [1.82, 2.24) is 10.0 Å². The number of carbonyl (C=O) groups excluding carboxylic acids is 5. The first-order valence-corrected chi connectivity index (χ1v) is 14.0. The van der Waals surface area contributed by atoms with Crippen molar-refractivity contribution in [2.24, 2.45) is 17.8 Å². The third kappa shape index (κ3) is 6.17. The monoisotopic (exact) mass is 603 g/mol. The topological polar surface area (TPSA) is 144 Å². The summed E-state index contributed by atoms with van der Waals surface area (Å²) >= 11 is 5.97. The number of Topliss-reactive ketones (excluding diaryl/α,β-unsaturated/α-hetero) is 1. The zero-order valence-corrected chi connectivity index (χ0v) is 23.7. The smallest absolute Gasteiger partial charge is 0.343 e. The first-order valence-electron chi connectivity index (χ1n) is 13.6. The summed E-state index contributed by atoms with van der Waals surface area (Å²) in [5.41, 5.74) is 0.217. The highest BCUT2D eigenvalue weighted by molar-refractivity contribution is 6.30. The van der Waals surface area contributed by atoms with Crippen molar-refractivity contribution < 1.29 is 33.6 Å². The van der Waals surface area contributed by atoms with Crippen LogP contribution in [0.2, 0.25) is 5.02 Å². The van der Waals surface area contributed by atoms with E-state index in [0.29, 0.717) is 17.9 Å². The van der Waals surface area contributed by atoms with Crippen LogP contribution in [0.1, 0.15) is 57.3 Å². The zero-order valence-electron chi connectivity index (χ0n) is 23.0. The summed E-state index contributed by atoms with van der Waals surface area (Å²) in [6.07, 6.45) is 1.85. The van der Waals surface area contributed by atoms with Crippen LogP contribution in [0.3, 0.4) is 0 Å². The quantitative estimate of drug-likeness (QED) is 0.0860. The minimum Gasteiger partial charge on any atom is -0.423 e. The maximum Gasteiger partial charge on any atom is 0.343 e. The molecule has 1 saturated heterocycles. The van der Waals surface area contributed by atoms with Crippen LogP contribution in [0.15, 0.2) is 72.8 Å². The molecule has 0 bridgehead atoms. The number of benzene rings is 3. The molecular formula is C31H26ClN3O8. The van der Waals surface area contributed by atoms with Crippen molar-refractivity contribution in [2.45, 2.75) is 26.2 Å². The van der Waals surface area contributed by atoms with E-state index in [2.05, 4.69) is 0 Å². The van der Waals surface area contributed by atoms with Gasteiger partial charge in [0.25, 0.3) is 23.4 Å². The Hall–Kier alpha value is -4.90. The molecule has 3 amide bonds. The Morgan fingerprint density at radius 2 is 1.47 bits per heavy atom. The number of esters is 1. The standard InChI is InChI=1S/C31H26ClN3O8/c1-18-2-15-25-26(16-18)30(39)34(29(25)38)33(28(37)20-3-9-22(32)10-4-20)17-27(36)19-7-13-24(14-8-19)43-31(40)21-5-11-23(12-6-21)35(41)42/h3-14,18,25-26H,2,15-17H2,1H3/t18-,25-,26-/m1/s1. The number of hydrogen-bond donors (Lipinski definition) is 0. The predicted octanol–water partition coefficient (Wildman–Crippen LogP) is 5.13. The minimum atomic E-state index is -0.754. The van der Waals surface area contributed by atoms with E-state index in [1.54, 1.807) is 0 Å². The van der Waals surface area contributed by atoms with Crippen molar-refractivity contribution >= 4 is 46.8 Å². The maximum atomic E-state index is 13.6. The van der Waals surface area contributed by atoms with Gasteiger partial charge in [0.1, 0.15) is 12.3 Å². The van der Waals surface area contributed by atoms with Gasteiger partial charge >= 0.3 is 5.97 Å². The van der Waals surface area contributed by atoms with Gasteiger partial charge in [0, 0.05) is 28.3 Å². The lowest BCUT2D eigenvalue weighted by molar-refractivity contribution is -0.384. The lowest BCUT2D eigenvalue weighted by atomic mass is 9.76. The highest BCUT2D eigenvalue weighted by Crippen LogP contribution is 2.41. The predicted molar refractivity (Wildman–Crippen MR) is 153 cm³/mol. The number of amides is 3. The maximum absolute atomic E-state index is 13.6. The van der Waals surface area contributed by atoms with Crippen molar-refractivity contribution in [3.05, 3.63) is 105 Å². The fourth-order valence-corrected chi connectivity index (χ4v) is 5.53. The zero-order chi connectivity index (χ0) is 30.8. The normalized spacial score (nSPS) is 19.5. The molecule has 5 rings (SSSR count). The summed E-state index contributed by atoms with van der Waals surface area (Å²) in [6.45, 7) is 1.43. The molecule has 1 heterocycles. The summed E-state index contributed by atoms with van der Waals surface area (Å²) in [5, 5.41) is 13.0. The van der Waals surface area contributed by atoms with Crippen LogP contribution in [0.25, 0.3) is 0 Å². The minimum absolute atomic E-state index is 0.0945. The van der Waals surface area contributed by atoms with Gasteiger partial charge in [0.05, 0.1) is 22.3 Å². The third-order valence-electron chi connectivity index (χ3n) is 7.73. The van der Waals surface area contributed by atoms with Gasteiger partial charge in [0.2, 0.25) is 0 Å². The first-order chi connectivity index (χ1) is 20.5. The number of ether oxygens (including phenoxy) is 1. The lowest BCUT2D eigenvalue weighted by Gasteiger charge is -2.30. The van der Waals surface area contributed by atoms with Crippen molar-refractivity contribution in [3.63, 3.8) is 0 Å². The van der Waals surface area contributed by atoms with Crippen LogP contribution in [0.5, 0.6) is 5.75 Å². The average molecular weight is 604 g/mol. The van der Waals surface area contributed by atoms with E-state index >= 15 is 0 Å². The number of nitro groups is 1. The number of fused-ring (bicyclic) bond motifs is 1. The molecule has 11 nitrogen and oxygen atoms in total. The van der Waals surface area contributed by atoms with E-state index in [9.17, 15) is 34.1 Å². The second-order valence-electron chi connectivity index (χ2n) is 10.6.